The molecule has 1 rings (SSSR count). The van der Waals surface area contributed by atoms with Crippen molar-refractivity contribution >= 4 is 17.7 Å². The van der Waals surface area contributed by atoms with Crippen molar-refractivity contribution in [1.29, 1.82) is 0 Å². The number of allylic oxidation sites excluding steroid dienone is 1. The Bertz CT molecular complexity index is 304. The summed E-state index contributed by atoms with van der Waals surface area (Å²) in [6, 6.07) is 0. The predicted molar refractivity (Wildman–Crippen MR) is 73.2 cm³/mol. The third-order valence-electron chi connectivity index (χ3n) is 3.23. The fourth-order valence-electron chi connectivity index (χ4n) is 2.01. The molecule has 0 aromatic heterocycles. The van der Waals surface area contributed by atoms with E-state index in [1.807, 2.05) is 19.9 Å². The Labute approximate surface area is 108 Å². The van der Waals surface area contributed by atoms with Crippen LogP contribution in [0.15, 0.2) is 11.6 Å². The molecule has 0 spiro atoms. The smallest absolute Gasteiger partial charge is 0.246 e. The largest absolute Gasteiger partial charge is 0.387 e. The minimum atomic E-state index is -0.692. The van der Waals surface area contributed by atoms with E-state index in [1.54, 1.807) is 11.8 Å². The first-order chi connectivity index (χ1) is 8.03. The second-order valence-corrected chi connectivity index (χ2v) is 6.04. The summed E-state index contributed by atoms with van der Waals surface area (Å²) in [4.78, 5) is 11.7. The first-order valence-electron chi connectivity index (χ1n) is 6.32. The maximum Gasteiger partial charge on any atom is 0.246 e. The van der Waals surface area contributed by atoms with E-state index in [0.29, 0.717) is 6.54 Å². The van der Waals surface area contributed by atoms with Crippen LogP contribution in [0.1, 0.15) is 40.0 Å². The number of hydrogen-bond donors (Lipinski definition) is 2. The molecule has 1 saturated carbocycles. The van der Waals surface area contributed by atoms with E-state index >= 15 is 0 Å². The standard InChI is InChI=1S/C13H23NO2S/c1-4-6-10(3)12(15)14-9-13(16)8-7-11(13)17-5-2/h6,11,16H,4-5,7-9H2,1-3H3,(H,14,15)/b10-6+/t11-,13+/m0/s1. The van der Waals surface area contributed by atoms with Crippen LogP contribution in [0.3, 0.4) is 0 Å². The summed E-state index contributed by atoms with van der Waals surface area (Å²) in [7, 11) is 0. The van der Waals surface area contributed by atoms with Crippen LogP contribution in [0, 0.1) is 0 Å². The van der Waals surface area contributed by atoms with Gasteiger partial charge in [0.05, 0.1) is 5.60 Å². The first kappa shape index (κ1) is 14.6. The molecular formula is C13H23NO2S. The van der Waals surface area contributed by atoms with Gasteiger partial charge in [0.25, 0.3) is 0 Å². The number of amides is 1. The molecule has 1 aliphatic carbocycles. The second-order valence-electron chi connectivity index (χ2n) is 4.56. The Hall–Kier alpha value is -0.480. The second kappa shape index (κ2) is 6.45. The molecule has 0 bridgehead atoms. The molecule has 0 radical (unpaired) electrons. The molecule has 1 amide bonds. The van der Waals surface area contributed by atoms with Crippen LogP contribution in [-0.2, 0) is 4.79 Å². The zero-order valence-corrected chi connectivity index (χ0v) is 11.8. The van der Waals surface area contributed by atoms with Gasteiger partial charge in [0.2, 0.25) is 5.91 Å². The maximum absolute atomic E-state index is 11.7. The van der Waals surface area contributed by atoms with Crippen LogP contribution in [0.5, 0.6) is 0 Å². The highest BCUT2D eigenvalue weighted by Gasteiger charge is 2.45. The Morgan fingerprint density at radius 3 is 2.76 bits per heavy atom. The third kappa shape index (κ3) is 3.75. The highest BCUT2D eigenvalue weighted by Crippen LogP contribution is 2.40. The summed E-state index contributed by atoms with van der Waals surface area (Å²) < 4.78 is 0. The Morgan fingerprint density at radius 1 is 1.59 bits per heavy atom. The number of rotatable bonds is 6. The number of nitrogens with one attached hydrogen (secondary N) is 1. The van der Waals surface area contributed by atoms with Crippen LogP contribution in [-0.4, -0.2) is 34.2 Å². The summed E-state index contributed by atoms with van der Waals surface area (Å²) in [6.45, 7) is 6.28. The summed E-state index contributed by atoms with van der Waals surface area (Å²) in [5.74, 6) is 0.947. The van der Waals surface area contributed by atoms with E-state index < -0.39 is 5.60 Å². The lowest BCUT2D eigenvalue weighted by molar-refractivity contribution is -0.119. The van der Waals surface area contributed by atoms with Crippen molar-refractivity contribution in [2.75, 3.05) is 12.3 Å². The van der Waals surface area contributed by atoms with Gasteiger partial charge in [-0.15, -0.1) is 0 Å². The molecule has 0 unspecified atom stereocenters. The van der Waals surface area contributed by atoms with Gasteiger partial charge in [0.15, 0.2) is 0 Å². The van der Waals surface area contributed by atoms with Crippen LogP contribution in [0.2, 0.25) is 0 Å². The van der Waals surface area contributed by atoms with Gasteiger partial charge < -0.3 is 10.4 Å². The van der Waals surface area contributed by atoms with Crippen molar-refractivity contribution < 1.29 is 9.90 Å². The van der Waals surface area contributed by atoms with E-state index in [1.165, 1.54) is 0 Å². The fourth-order valence-corrected chi connectivity index (χ4v) is 3.21. The molecule has 2 atom stereocenters. The summed E-state index contributed by atoms with van der Waals surface area (Å²) in [5.41, 5.74) is 0.0400. The fraction of sp³-hybridized carbons (Fsp3) is 0.769. The Morgan fingerprint density at radius 2 is 2.29 bits per heavy atom. The molecule has 4 heteroatoms. The molecule has 0 aromatic carbocycles. The van der Waals surface area contributed by atoms with Gasteiger partial charge in [-0.1, -0.05) is 19.9 Å². The topological polar surface area (TPSA) is 49.3 Å². The highest BCUT2D eigenvalue weighted by atomic mass is 32.2. The number of hydrogen-bond acceptors (Lipinski definition) is 3. The van der Waals surface area contributed by atoms with Gasteiger partial charge in [0.1, 0.15) is 0 Å². The van der Waals surface area contributed by atoms with E-state index in [0.717, 1.165) is 30.6 Å². The van der Waals surface area contributed by atoms with Gasteiger partial charge >= 0.3 is 0 Å². The molecule has 1 aliphatic rings. The highest BCUT2D eigenvalue weighted by molar-refractivity contribution is 8.00. The number of carbonyl (C=O) groups is 1. The summed E-state index contributed by atoms with van der Waals surface area (Å²) >= 11 is 1.78. The molecule has 17 heavy (non-hydrogen) atoms. The van der Waals surface area contributed by atoms with E-state index in [9.17, 15) is 9.90 Å². The molecule has 2 N–H and O–H groups in total. The molecule has 0 aromatic rings. The lowest BCUT2D eigenvalue weighted by atomic mass is 9.79. The molecule has 0 heterocycles. The van der Waals surface area contributed by atoms with E-state index in [4.69, 9.17) is 0 Å². The summed E-state index contributed by atoms with van der Waals surface area (Å²) in [6.07, 6.45) is 4.60. The van der Waals surface area contributed by atoms with Gasteiger partial charge in [-0.05, 0) is 31.9 Å². The SMILES string of the molecule is CC/C=C(\C)C(=O)NC[C@]1(O)CC[C@@H]1SCC. The minimum absolute atomic E-state index is 0.0626. The maximum atomic E-state index is 11.7. The monoisotopic (exact) mass is 257 g/mol. The van der Waals surface area contributed by atoms with Crippen molar-refractivity contribution in [1.82, 2.24) is 5.32 Å². The van der Waals surface area contributed by atoms with E-state index in [-0.39, 0.29) is 11.2 Å². The van der Waals surface area contributed by atoms with E-state index in [2.05, 4.69) is 12.2 Å². The minimum Gasteiger partial charge on any atom is -0.387 e. The van der Waals surface area contributed by atoms with Gasteiger partial charge in [-0.3, -0.25) is 4.79 Å². The van der Waals surface area contributed by atoms with Crippen molar-refractivity contribution in [2.45, 2.75) is 50.9 Å². The zero-order chi connectivity index (χ0) is 12.9. The van der Waals surface area contributed by atoms with Crippen molar-refractivity contribution in [2.24, 2.45) is 0 Å². The molecule has 98 valence electrons. The molecule has 0 aliphatic heterocycles. The quantitative estimate of drug-likeness (QED) is 0.717. The third-order valence-corrected chi connectivity index (χ3v) is 4.64. The number of carbonyl (C=O) groups excluding carboxylic acids is 1. The van der Waals surface area contributed by atoms with Crippen LogP contribution < -0.4 is 5.32 Å². The average Bonchev–Trinajstić information content (AvgIpc) is 2.31. The molecule has 3 nitrogen and oxygen atoms in total. The van der Waals surface area contributed by atoms with Gasteiger partial charge in [-0.25, -0.2) is 0 Å². The molecule has 0 saturated heterocycles. The lowest BCUT2D eigenvalue weighted by Crippen LogP contribution is -2.57. The number of aliphatic hydroxyl groups is 1. The predicted octanol–water partition coefficient (Wildman–Crippen LogP) is 2.11. The molecule has 1 fully saturated rings. The lowest BCUT2D eigenvalue weighted by Gasteiger charge is -2.45. The first-order valence-corrected chi connectivity index (χ1v) is 7.37. The Kier molecular flexibility index (Phi) is 5.53. The average molecular weight is 257 g/mol. The van der Waals surface area contributed by atoms with Crippen molar-refractivity contribution in [3.05, 3.63) is 11.6 Å². The van der Waals surface area contributed by atoms with Crippen LogP contribution >= 0.6 is 11.8 Å². The van der Waals surface area contributed by atoms with Crippen LogP contribution in [0.25, 0.3) is 0 Å². The zero-order valence-electron chi connectivity index (χ0n) is 11.0. The Balaban J connectivity index is 2.40. The van der Waals surface area contributed by atoms with Gasteiger partial charge in [-0.2, -0.15) is 11.8 Å². The van der Waals surface area contributed by atoms with Crippen LogP contribution in [0.4, 0.5) is 0 Å². The van der Waals surface area contributed by atoms with Crippen molar-refractivity contribution in [3.8, 4) is 0 Å². The number of thioether (sulfide) groups is 1. The van der Waals surface area contributed by atoms with Crippen molar-refractivity contribution in [3.63, 3.8) is 0 Å². The normalized spacial score (nSPS) is 28.7. The summed E-state index contributed by atoms with van der Waals surface area (Å²) in [5, 5.41) is 13.4. The van der Waals surface area contributed by atoms with Gasteiger partial charge in [0, 0.05) is 17.4 Å². The molecular weight excluding hydrogens is 234 g/mol.